The molecular weight excluding hydrogens is 373 g/mol. The number of aromatic nitrogens is 2. The lowest BCUT2D eigenvalue weighted by Crippen LogP contribution is -2.40. The molecule has 0 unspecified atom stereocenters. The molecule has 0 fully saturated rings. The Morgan fingerprint density at radius 1 is 1.21 bits per heavy atom. The highest BCUT2D eigenvalue weighted by molar-refractivity contribution is 5.94. The number of halogens is 1. The van der Waals surface area contributed by atoms with E-state index in [2.05, 4.69) is 21.9 Å². The van der Waals surface area contributed by atoms with Gasteiger partial charge in [-0.2, -0.15) is 5.26 Å². The zero-order valence-electron chi connectivity index (χ0n) is 15.2. The Balaban J connectivity index is 1.78. The summed E-state index contributed by atoms with van der Waals surface area (Å²) in [6.45, 7) is 1.65. The van der Waals surface area contributed by atoms with E-state index in [1.54, 1.807) is 31.2 Å². The summed E-state index contributed by atoms with van der Waals surface area (Å²) in [4.78, 5) is 29.6. The van der Waals surface area contributed by atoms with Crippen LogP contribution in [0.25, 0.3) is 22.9 Å². The first-order chi connectivity index (χ1) is 14.0. The third-order valence-corrected chi connectivity index (χ3v) is 4.62. The van der Waals surface area contributed by atoms with Crippen molar-refractivity contribution in [3.63, 3.8) is 0 Å². The van der Waals surface area contributed by atoms with E-state index < -0.39 is 11.7 Å². The van der Waals surface area contributed by atoms with Gasteiger partial charge in [-0.1, -0.05) is 12.1 Å². The molecule has 0 spiro atoms. The van der Waals surface area contributed by atoms with E-state index in [4.69, 9.17) is 0 Å². The van der Waals surface area contributed by atoms with E-state index in [9.17, 15) is 19.2 Å². The average Bonchev–Trinajstić information content (AvgIpc) is 3.10. The second kappa shape index (κ2) is 7.05. The minimum Gasteiger partial charge on any atom is -0.305 e. The lowest BCUT2D eigenvalue weighted by atomic mass is 10.1. The number of hydrogen-bond acceptors (Lipinski definition) is 5. The third-order valence-electron chi connectivity index (χ3n) is 4.62. The molecule has 4 rings (SSSR count). The van der Waals surface area contributed by atoms with Crippen LogP contribution in [-0.4, -0.2) is 15.3 Å². The van der Waals surface area contributed by atoms with Crippen LogP contribution in [0.1, 0.15) is 21.5 Å². The van der Waals surface area contributed by atoms with Gasteiger partial charge in [-0.3, -0.25) is 19.4 Å². The standard InChI is InChI=1S/C21H14FN5O2/c1-12-15(10-23)19-25-17-4-2-3-5-18(17)27(19)21(29)16(12)11-24-26-20(28)13-6-8-14(22)9-7-13/h2-9,11,24H,1H3,(H,26,28). The number of carbonyl (C=O) groups excluding carboxylic acids is 1. The molecule has 0 atom stereocenters. The molecule has 7 nitrogen and oxygen atoms in total. The molecule has 0 bridgehead atoms. The van der Waals surface area contributed by atoms with E-state index in [-0.39, 0.29) is 21.9 Å². The highest BCUT2D eigenvalue weighted by atomic mass is 19.1. The molecule has 0 aliphatic carbocycles. The number of para-hydroxylation sites is 2. The van der Waals surface area contributed by atoms with E-state index in [1.807, 2.05) is 0 Å². The number of hydrogen-bond donors (Lipinski definition) is 2. The van der Waals surface area contributed by atoms with Crippen molar-refractivity contribution >= 4 is 28.8 Å². The van der Waals surface area contributed by atoms with Gasteiger partial charge >= 0.3 is 0 Å². The second-order valence-corrected chi connectivity index (χ2v) is 6.34. The van der Waals surface area contributed by atoms with Gasteiger partial charge in [0.1, 0.15) is 11.9 Å². The summed E-state index contributed by atoms with van der Waals surface area (Å²) in [5.41, 5.74) is 7.12. The van der Waals surface area contributed by atoms with Crippen LogP contribution in [-0.2, 0) is 0 Å². The van der Waals surface area contributed by atoms with Gasteiger partial charge in [-0.15, -0.1) is 0 Å². The third kappa shape index (κ3) is 3.04. The Kier molecular flexibility index (Phi) is 4.41. The van der Waals surface area contributed by atoms with Gasteiger partial charge in [0.2, 0.25) is 0 Å². The van der Waals surface area contributed by atoms with Gasteiger partial charge in [-0.05, 0) is 48.9 Å². The van der Waals surface area contributed by atoms with E-state index >= 15 is 0 Å². The maximum absolute atomic E-state index is 13.1. The summed E-state index contributed by atoms with van der Waals surface area (Å²) in [5.74, 6) is -0.946. The highest BCUT2D eigenvalue weighted by Crippen LogP contribution is 2.17. The van der Waals surface area contributed by atoms with Gasteiger partial charge in [-0.25, -0.2) is 9.37 Å². The molecule has 0 aliphatic heterocycles. The fraction of sp³-hybridized carbons (Fsp3) is 0.0476. The summed E-state index contributed by atoms with van der Waals surface area (Å²) in [7, 11) is 0. The molecule has 8 heteroatoms. The topological polar surface area (TPSA) is 99.3 Å². The van der Waals surface area contributed by atoms with Gasteiger partial charge in [0.25, 0.3) is 11.5 Å². The first-order valence-electron chi connectivity index (χ1n) is 8.66. The quantitative estimate of drug-likeness (QED) is 0.520. The molecule has 2 heterocycles. The lowest BCUT2D eigenvalue weighted by Gasteiger charge is -2.06. The van der Waals surface area contributed by atoms with Gasteiger partial charge in [0.05, 0.1) is 21.8 Å². The van der Waals surface area contributed by atoms with Crippen molar-refractivity contribution in [3.05, 3.63) is 86.6 Å². The van der Waals surface area contributed by atoms with Gasteiger partial charge < -0.3 is 5.43 Å². The SMILES string of the molecule is Cc1c(C#N)c2nc3ccccc3n2c(=O)c1=CNNC(=O)c1ccc(F)cc1. The van der Waals surface area contributed by atoms with Crippen molar-refractivity contribution in [2.45, 2.75) is 6.92 Å². The van der Waals surface area contributed by atoms with Gasteiger partial charge in [0.15, 0.2) is 5.65 Å². The Morgan fingerprint density at radius 3 is 2.66 bits per heavy atom. The summed E-state index contributed by atoms with van der Waals surface area (Å²) in [6.07, 6.45) is 1.33. The van der Waals surface area contributed by atoms with E-state index in [0.29, 0.717) is 22.2 Å². The molecule has 142 valence electrons. The predicted octanol–water partition coefficient (Wildman–Crippen LogP) is 1.56. The van der Waals surface area contributed by atoms with Crippen molar-refractivity contribution in [2.24, 2.45) is 0 Å². The fourth-order valence-corrected chi connectivity index (χ4v) is 3.13. The van der Waals surface area contributed by atoms with Crippen LogP contribution in [0, 0.1) is 24.1 Å². The molecule has 1 amide bonds. The average molecular weight is 387 g/mol. The normalized spacial score (nSPS) is 11.6. The first-order valence-corrected chi connectivity index (χ1v) is 8.66. The van der Waals surface area contributed by atoms with Crippen LogP contribution < -0.4 is 21.6 Å². The Labute approximate surface area is 163 Å². The van der Waals surface area contributed by atoms with Crippen molar-refractivity contribution in [3.8, 4) is 6.07 Å². The predicted molar refractivity (Wildman–Crippen MR) is 105 cm³/mol. The molecule has 0 aliphatic rings. The molecule has 2 aromatic heterocycles. The molecular formula is C21H14FN5O2. The van der Waals surface area contributed by atoms with Crippen LogP contribution in [0.5, 0.6) is 0 Å². The van der Waals surface area contributed by atoms with E-state index in [1.165, 1.54) is 34.9 Å². The zero-order valence-corrected chi connectivity index (χ0v) is 15.2. The summed E-state index contributed by atoms with van der Waals surface area (Å²) in [6, 6.07) is 14.2. The number of pyridine rings is 1. The lowest BCUT2D eigenvalue weighted by molar-refractivity contribution is 0.0943. The van der Waals surface area contributed by atoms with Crippen LogP contribution in [0.3, 0.4) is 0 Å². The molecule has 4 aromatic rings. The number of hydrazine groups is 1. The van der Waals surface area contributed by atoms with Crippen molar-refractivity contribution in [1.82, 2.24) is 20.2 Å². The molecule has 2 aromatic carbocycles. The number of carbonyl (C=O) groups is 1. The smallest absolute Gasteiger partial charge is 0.269 e. The Hall–Kier alpha value is -4.25. The van der Waals surface area contributed by atoms with Crippen molar-refractivity contribution in [1.29, 1.82) is 5.26 Å². The Bertz CT molecular complexity index is 1420. The maximum atomic E-state index is 13.1. The van der Waals surface area contributed by atoms with Crippen molar-refractivity contribution in [2.75, 3.05) is 0 Å². The number of fused-ring (bicyclic) bond motifs is 3. The minimum atomic E-state index is -0.499. The van der Waals surface area contributed by atoms with Crippen LogP contribution in [0.15, 0.2) is 53.3 Å². The largest absolute Gasteiger partial charge is 0.305 e. The van der Waals surface area contributed by atoms with Crippen LogP contribution in [0.2, 0.25) is 0 Å². The number of benzene rings is 2. The summed E-state index contributed by atoms with van der Waals surface area (Å²) in [5, 5.41) is 9.82. The molecule has 0 radical (unpaired) electrons. The monoisotopic (exact) mass is 387 g/mol. The van der Waals surface area contributed by atoms with Crippen LogP contribution in [0.4, 0.5) is 4.39 Å². The number of nitriles is 1. The molecule has 0 saturated carbocycles. The summed E-state index contributed by atoms with van der Waals surface area (Å²) < 4.78 is 14.4. The van der Waals surface area contributed by atoms with E-state index in [0.717, 1.165) is 0 Å². The maximum Gasteiger partial charge on any atom is 0.269 e. The zero-order chi connectivity index (χ0) is 20.5. The fourth-order valence-electron chi connectivity index (χ4n) is 3.13. The van der Waals surface area contributed by atoms with Crippen molar-refractivity contribution < 1.29 is 9.18 Å². The second-order valence-electron chi connectivity index (χ2n) is 6.34. The molecule has 29 heavy (non-hydrogen) atoms. The number of rotatable bonds is 3. The van der Waals surface area contributed by atoms with Gasteiger partial charge in [0, 0.05) is 11.8 Å². The number of amides is 1. The van der Waals surface area contributed by atoms with Crippen LogP contribution >= 0.6 is 0 Å². The number of nitrogens with one attached hydrogen (secondary N) is 2. The number of nitrogens with zero attached hydrogens (tertiary/aromatic N) is 3. The Morgan fingerprint density at radius 2 is 1.93 bits per heavy atom. The summed E-state index contributed by atoms with van der Waals surface area (Å²) >= 11 is 0. The number of imidazole rings is 1. The highest BCUT2D eigenvalue weighted by Gasteiger charge is 2.16. The minimum absolute atomic E-state index is 0.219. The molecule has 2 N–H and O–H groups in total. The first kappa shape index (κ1) is 18.1. The molecule has 0 saturated heterocycles.